The fourth-order valence-corrected chi connectivity index (χ4v) is 2.20. The molecule has 1 aliphatic carbocycles. The number of benzene rings is 1. The average molecular weight is 230 g/mol. The van der Waals surface area contributed by atoms with Gasteiger partial charge in [-0.15, -0.1) is 6.58 Å². The van der Waals surface area contributed by atoms with Crippen molar-refractivity contribution in [2.24, 2.45) is 0 Å². The van der Waals surface area contributed by atoms with Crippen LogP contribution in [0.25, 0.3) is 0 Å². The van der Waals surface area contributed by atoms with Crippen molar-refractivity contribution in [3.05, 3.63) is 42.5 Å². The van der Waals surface area contributed by atoms with Gasteiger partial charge in [0.05, 0.1) is 5.41 Å². The summed E-state index contributed by atoms with van der Waals surface area (Å²) in [6.45, 7) is 4.25. The molecular weight excluding hydrogens is 212 g/mol. The molecule has 0 saturated heterocycles. The average Bonchev–Trinajstić information content (AvgIpc) is 3.10. The quantitative estimate of drug-likeness (QED) is 0.634. The van der Waals surface area contributed by atoms with Crippen molar-refractivity contribution < 1.29 is 4.79 Å². The first-order chi connectivity index (χ1) is 8.10. The lowest BCUT2D eigenvalue weighted by molar-refractivity contribution is -0.132. The summed E-state index contributed by atoms with van der Waals surface area (Å²) in [7, 11) is 1.82. The van der Waals surface area contributed by atoms with Gasteiger partial charge in [0.1, 0.15) is 0 Å². The monoisotopic (exact) mass is 230 g/mol. The van der Waals surface area contributed by atoms with E-state index < -0.39 is 0 Å². The van der Waals surface area contributed by atoms with Crippen molar-refractivity contribution in [2.75, 3.05) is 19.3 Å². The van der Waals surface area contributed by atoms with E-state index in [9.17, 15) is 4.79 Å². The minimum absolute atomic E-state index is 0.183. The number of nitrogens with zero attached hydrogens (tertiary/aromatic N) is 1. The van der Waals surface area contributed by atoms with Crippen LogP contribution in [-0.4, -0.2) is 24.4 Å². The summed E-state index contributed by atoms with van der Waals surface area (Å²) in [6.07, 6.45) is 3.60. The number of carbonyl (C=O) groups is 1. The number of hydrogen-bond acceptors (Lipinski definition) is 2. The van der Waals surface area contributed by atoms with E-state index in [-0.39, 0.29) is 11.3 Å². The molecule has 2 N–H and O–H groups in total. The highest BCUT2D eigenvalue weighted by molar-refractivity contribution is 5.91. The molecule has 0 aromatic heterocycles. The summed E-state index contributed by atoms with van der Waals surface area (Å²) in [6, 6.07) is 7.64. The van der Waals surface area contributed by atoms with E-state index >= 15 is 0 Å². The third-order valence-corrected chi connectivity index (χ3v) is 3.37. The summed E-state index contributed by atoms with van der Waals surface area (Å²) < 4.78 is 0. The Morgan fingerprint density at radius 1 is 1.47 bits per heavy atom. The normalized spacial score (nSPS) is 16.3. The number of nitrogen functional groups attached to an aromatic ring is 1. The van der Waals surface area contributed by atoms with Crippen molar-refractivity contribution in [1.82, 2.24) is 4.90 Å². The molecule has 0 heterocycles. The number of nitrogens with two attached hydrogens (primary N) is 1. The highest BCUT2D eigenvalue weighted by Gasteiger charge is 2.52. The summed E-state index contributed by atoms with van der Waals surface area (Å²) in [4.78, 5) is 14.1. The van der Waals surface area contributed by atoms with Gasteiger partial charge in [0, 0.05) is 19.3 Å². The lowest BCUT2D eigenvalue weighted by Gasteiger charge is -2.22. The van der Waals surface area contributed by atoms with Crippen LogP contribution in [0.2, 0.25) is 0 Å². The number of carbonyl (C=O) groups excluding carboxylic acids is 1. The fraction of sp³-hybridized carbons (Fsp3) is 0.357. The number of anilines is 1. The second-order valence-electron chi connectivity index (χ2n) is 4.68. The third kappa shape index (κ3) is 2.05. The number of likely N-dealkylation sites (N-methyl/N-ethyl adjacent to an activating group) is 1. The van der Waals surface area contributed by atoms with Crippen LogP contribution in [0.5, 0.6) is 0 Å². The third-order valence-electron chi connectivity index (χ3n) is 3.37. The molecule has 1 aromatic rings. The summed E-state index contributed by atoms with van der Waals surface area (Å²) in [5.74, 6) is 0.183. The Morgan fingerprint density at radius 3 is 2.53 bits per heavy atom. The van der Waals surface area contributed by atoms with Crippen molar-refractivity contribution in [3.63, 3.8) is 0 Å². The van der Waals surface area contributed by atoms with E-state index in [1.165, 1.54) is 0 Å². The molecule has 1 aliphatic rings. The molecule has 3 heteroatoms. The lowest BCUT2D eigenvalue weighted by atomic mass is 9.94. The van der Waals surface area contributed by atoms with Crippen LogP contribution in [0.4, 0.5) is 5.69 Å². The van der Waals surface area contributed by atoms with Gasteiger partial charge in [-0.1, -0.05) is 18.2 Å². The van der Waals surface area contributed by atoms with Crippen LogP contribution in [0.15, 0.2) is 36.9 Å². The zero-order chi connectivity index (χ0) is 12.5. The van der Waals surface area contributed by atoms with Gasteiger partial charge in [0.2, 0.25) is 5.91 Å². The van der Waals surface area contributed by atoms with Crippen LogP contribution in [0.1, 0.15) is 18.4 Å². The standard InChI is InChI=1S/C14H18N2O/c1-3-10-16(2)13(17)14(8-9-14)11-4-6-12(15)7-5-11/h3-7H,1,8-10,15H2,2H3. The molecule has 1 saturated carbocycles. The van der Waals surface area contributed by atoms with Gasteiger partial charge in [-0.05, 0) is 30.5 Å². The van der Waals surface area contributed by atoms with Gasteiger partial charge in [-0.3, -0.25) is 4.79 Å². The zero-order valence-electron chi connectivity index (χ0n) is 10.1. The molecule has 3 nitrogen and oxygen atoms in total. The molecule has 1 amide bonds. The summed E-state index contributed by atoms with van der Waals surface area (Å²) in [5, 5.41) is 0. The summed E-state index contributed by atoms with van der Waals surface area (Å²) in [5.41, 5.74) is 7.17. The predicted molar refractivity (Wildman–Crippen MR) is 69.6 cm³/mol. The maximum Gasteiger partial charge on any atom is 0.233 e. The highest BCUT2D eigenvalue weighted by Crippen LogP contribution is 2.49. The number of amides is 1. The molecule has 90 valence electrons. The van der Waals surface area contributed by atoms with E-state index in [2.05, 4.69) is 6.58 Å². The van der Waals surface area contributed by atoms with Crippen molar-refractivity contribution in [2.45, 2.75) is 18.3 Å². The van der Waals surface area contributed by atoms with Crippen LogP contribution < -0.4 is 5.73 Å². The van der Waals surface area contributed by atoms with E-state index in [1.807, 2.05) is 31.3 Å². The van der Waals surface area contributed by atoms with Gasteiger partial charge >= 0.3 is 0 Å². The van der Waals surface area contributed by atoms with Crippen LogP contribution in [0, 0.1) is 0 Å². The first kappa shape index (κ1) is 11.7. The van der Waals surface area contributed by atoms with Gasteiger partial charge in [0.15, 0.2) is 0 Å². The minimum Gasteiger partial charge on any atom is -0.399 e. The van der Waals surface area contributed by atoms with E-state index in [1.54, 1.807) is 11.0 Å². The predicted octanol–water partition coefficient (Wildman–Crippen LogP) is 1.94. The SMILES string of the molecule is C=CCN(C)C(=O)C1(c2ccc(N)cc2)CC1. The second kappa shape index (κ2) is 4.24. The van der Waals surface area contributed by atoms with Crippen molar-refractivity contribution in [3.8, 4) is 0 Å². The first-order valence-corrected chi connectivity index (χ1v) is 5.82. The Morgan fingerprint density at radius 2 is 2.06 bits per heavy atom. The van der Waals surface area contributed by atoms with Gasteiger partial charge in [0.25, 0.3) is 0 Å². The van der Waals surface area contributed by atoms with Crippen LogP contribution in [0.3, 0.4) is 0 Å². The molecular formula is C14H18N2O. The van der Waals surface area contributed by atoms with Gasteiger partial charge < -0.3 is 10.6 Å². The molecule has 1 fully saturated rings. The van der Waals surface area contributed by atoms with E-state index in [4.69, 9.17) is 5.73 Å². The Labute approximate surface area is 102 Å². The van der Waals surface area contributed by atoms with Crippen molar-refractivity contribution in [1.29, 1.82) is 0 Å². The second-order valence-corrected chi connectivity index (χ2v) is 4.68. The molecule has 2 rings (SSSR count). The molecule has 0 radical (unpaired) electrons. The lowest BCUT2D eigenvalue weighted by Crippen LogP contribution is -2.36. The topological polar surface area (TPSA) is 46.3 Å². The smallest absolute Gasteiger partial charge is 0.233 e. The van der Waals surface area contributed by atoms with Gasteiger partial charge in [-0.25, -0.2) is 0 Å². The molecule has 17 heavy (non-hydrogen) atoms. The number of hydrogen-bond donors (Lipinski definition) is 1. The fourth-order valence-electron chi connectivity index (χ4n) is 2.20. The molecule has 1 aromatic carbocycles. The Balaban J connectivity index is 2.22. The largest absolute Gasteiger partial charge is 0.399 e. The van der Waals surface area contributed by atoms with Crippen LogP contribution in [-0.2, 0) is 10.2 Å². The van der Waals surface area contributed by atoms with Gasteiger partial charge in [-0.2, -0.15) is 0 Å². The highest BCUT2D eigenvalue weighted by atomic mass is 16.2. The molecule has 0 unspecified atom stereocenters. The molecule has 0 spiro atoms. The maximum atomic E-state index is 12.3. The molecule has 0 aliphatic heterocycles. The van der Waals surface area contributed by atoms with E-state index in [0.29, 0.717) is 6.54 Å². The minimum atomic E-state index is -0.300. The van der Waals surface area contributed by atoms with Crippen LogP contribution >= 0.6 is 0 Å². The van der Waals surface area contributed by atoms with E-state index in [0.717, 1.165) is 24.1 Å². The Kier molecular flexibility index (Phi) is 2.92. The maximum absolute atomic E-state index is 12.3. The first-order valence-electron chi connectivity index (χ1n) is 5.82. The Hall–Kier alpha value is -1.77. The van der Waals surface area contributed by atoms with Crippen molar-refractivity contribution >= 4 is 11.6 Å². The zero-order valence-corrected chi connectivity index (χ0v) is 10.1. The molecule has 0 atom stereocenters. The Bertz CT molecular complexity index is 432. The molecule has 0 bridgehead atoms. The number of rotatable bonds is 4. The summed E-state index contributed by atoms with van der Waals surface area (Å²) >= 11 is 0.